The smallest absolute Gasteiger partial charge is 0.120 e. The Hall–Kier alpha value is -1.48. The van der Waals surface area contributed by atoms with Gasteiger partial charge in [-0.1, -0.05) is 20.4 Å². The quantitative estimate of drug-likeness (QED) is 0.518. The lowest BCUT2D eigenvalue weighted by Gasteiger charge is -2.10. The normalized spacial score (nSPS) is 10.2. The fraction of sp³-hybridized carbons (Fsp3) is 0.500. The van der Waals surface area contributed by atoms with Crippen LogP contribution in [0.4, 0.5) is 0 Å². The predicted octanol–water partition coefficient (Wildman–Crippen LogP) is 3.41. The van der Waals surface area contributed by atoms with Crippen molar-refractivity contribution >= 4 is 0 Å². The maximum Gasteiger partial charge on any atom is 0.120 e. The number of ether oxygens (including phenoxy) is 2. The molecule has 0 heterocycles. The van der Waals surface area contributed by atoms with E-state index in [-0.39, 0.29) is 0 Å². The molecule has 0 amide bonds. The van der Waals surface area contributed by atoms with Gasteiger partial charge in [-0.15, -0.1) is 0 Å². The fourth-order valence-corrected chi connectivity index (χ4v) is 1.53. The van der Waals surface area contributed by atoms with Crippen LogP contribution < -0.4 is 14.8 Å². The summed E-state index contributed by atoms with van der Waals surface area (Å²) in [5, 5.41) is 3.30. The standard InChI is InChI=1S/C16H25NO2/c1-4-10-17-12-14(3)13-19-16-8-6-15(7-9-16)18-11-5-2/h6-9,17H,3-5,10-13H2,1-2H3. The van der Waals surface area contributed by atoms with E-state index in [0.717, 1.165) is 49.6 Å². The van der Waals surface area contributed by atoms with Crippen LogP contribution in [0.25, 0.3) is 0 Å². The van der Waals surface area contributed by atoms with Gasteiger partial charge in [0.15, 0.2) is 0 Å². The van der Waals surface area contributed by atoms with Crippen LogP contribution in [0.1, 0.15) is 26.7 Å². The van der Waals surface area contributed by atoms with Gasteiger partial charge in [0, 0.05) is 6.54 Å². The van der Waals surface area contributed by atoms with E-state index in [1.54, 1.807) is 0 Å². The molecule has 0 fully saturated rings. The van der Waals surface area contributed by atoms with Gasteiger partial charge in [-0.2, -0.15) is 0 Å². The molecule has 1 aromatic rings. The molecule has 106 valence electrons. The molecule has 19 heavy (non-hydrogen) atoms. The molecule has 0 saturated carbocycles. The molecule has 3 heteroatoms. The minimum absolute atomic E-state index is 0.547. The highest BCUT2D eigenvalue weighted by atomic mass is 16.5. The molecule has 0 bridgehead atoms. The Bertz CT molecular complexity index is 360. The molecule has 0 aliphatic rings. The van der Waals surface area contributed by atoms with E-state index in [9.17, 15) is 0 Å². The highest BCUT2D eigenvalue weighted by Gasteiger charge is 1.98. The number of rotatable bonds is 10. The van der Waals surface area contributed by atoms with Crippen molar-refractivity contribution in [2.75, 3.05) is 26.3 Å². The van der Waals surface area contributed by atoms with Crippen LogP contribution in [-0.4, -0.2) is 26.3 Å². The average Bonchev–Trinajstić information content (AvgIpc) is 2.44. The highest BCUT2D eigenvalue weighted by molar-refractivity contribution is 5.31. The Morgan fingerprint density at radius 3 is 2.26 bits per heavy atom. The zero-order valence-electron chi connectivity index (χ0n) is 12.1. The zero-order valence-corrected chi connectivity index (χ0v) is 12.1. The first-order valence-corrected chi connectivity index (χ1v) is 6.99. The predicted molar refractivity (Wildman–Crippen MR) is 80.0 cm³/mol. The maximum atomic E-state index is 5.66. The summed E-state index contributed by atoms with van der Waals surface area (Å²) in [5.41, 5.74) is 1.06. The van der Waals surface area contributed by atoms with Gasteiger partial charge < -0.3 is 14.8 Å². The molecule has 3 nitrogen and oxygen atoms in total. The third-order valence-corrected chi connectivity index (χ3v) is 2.54. The summed E-state index contributed by atoms with van der Waals surface area (Å²) in [6.45, 7) is 11.4. The summed E-state index contributed by atoms with van der Waals surface area (Å²) in [5.74, 6) is 1.73. The second kappa shape index (κ2) is 9.45. The first-order valence-electron chi connectivity index (χ1n) is 6.99. The van der Waals surface area contributed by atoms with Gasteiger partial charge in [0.25, 0.3) is 0 Å². The highest BCUT2D eigenvalue weighted by Crippen LogP contribution is 2.18. The van der Waals surface area contributed by atoms with Crippen molar-refractivity contribution in [1.29, 1.82) is 0 Å². The average molecular weight is 263 g/mol. The molecular formula is C16H25NO2. The number of hydrogen-bond acceptors (Lipinski definition) is 3. The number of benzene rings is 1. The van der Waals surface area contributed by atoms with Crippen LogP contribution in [0.5, 0.6) is 11.5 Å². The Balaban J connectivity index is 2.27. The van der Waals surface area contributed by atoms with Gasteiger partial charge in [-0.25, -0.2) is 0 Å². The van der Waals surface area contributed by atoms with Crippen LogP contribution >= 0.6 is 0 Å². The lowest BCUT2D eigenvalue weighted by Crippen LogP contribution is -2.20. The SMILES string of the molecule is C=C(CNCCC)COc1ccc(OCCC)cc1. The summed E-state index contributed by atoms with van der Waals surface area (Å²) in [6, 6.07) is 7.72. The van der Waals surface area contributed by atoms with Gasteiger partial charge >= 0.3 is 0 Å². The van der Waals surface area contributed by atoms with Crippen molar-refractivity contribution in [3.05, 3.63) is 36.4 Å². The van der Waals surface area contributed by atoms with Crippen molar-refractivity contribution in [2.24, 2.45) is 0 Å². The van der Waals surface area contributed by atoms with Crippen molar-refractivity contribution in [3.8, 4) is 11.5 Å². The second-order valence-electron chi connectivity index (χ2n) is 4.54. The molecule has 0 radical (unpaired) electrons. The van der Waals surface area contributed by atoms with Crippen molar-refractivity contribution < 1.29 is 9.47 Å². The molecule has 0 atom stereocenters. The van der Waals surface area contributed by atoms with E-state index >= 15 is 0 Å². The Kier molecular flexibility index (Phi) is 7.75. The van der Waals surface area contributed by atoms with Crippen molar-refractivity contribution in [3.63, 3.8) is 0 Å². The first kappa shape index (κ1) is 15.6. The van der Waals surface area contributed by atoms with Crippen LogP contribution in [0.15, 0.2) is 36.4 Å². The molecule has 0 spiro atoms. The van der Waals surface area contributed by atoms with E-state index in [0.29, 0.717) is 6.61 Å². The molecule has 0 aliphatic heterocycles. The number of hydrogen-bond donors (Lipinski definition) is 1. The van der Waals surface area contributed by atoms with Crippen LogP contribution in [0.2, 0.25) is 0 Å². The summed E-state index contributed by atoms with van der Waals surface area (Å²) in [4.78, 5) is 0. The van der Waals surface area contributed by atoms with E-state index in [2.05, 4.69) is 25.7 Å². The fourth-order valence-electron chi connectivity index (χ4n) is 1.53. The Morgan fingerprint density at radius 2 is 1.68 bits per heavy atom. The van der Waals surface area contributed by atoms with Gasteiger partial charge in [0.2, 0.25) is 0 Å². The van der Waals surface area contributed by atoms with Crippen molar-refractivity contribution in [2.45, 2.75) is 26.7 Å². The first-order chi connectivity index (χ1) is 9.26. The second-order valence-corrected chi connectivity index (χ2v) is 4.54. The summed E-state index contributed by atoms with van der Waals surface area (Å²) >= 11 is 0. The lowest BCUT2D eigenvalue weighted by atomic mass is 10.3. The third kappa shape index (κ3) is 6.87. The zero-order chi connectivity index (χ0) is 13.9. The molecular weight excluding hydrogens is 238 g/mol. The van der Waals surface area contributed by atoms with E-state index in [1.165, 1.54) is 0 Å². The molecule has 1 aromatic carbocycles. The Morgan fingerprint density at radius 1 is 1.05 bits per heavy atom. The van der Waals surface area contributed by atoms with Crippen LogP contribution in [0, 0.1) is 0 Å². The van der Waals surface area contributed by atoms with Gasteiger partial charge in [-0.05, 0) is 49.2 Å². The van der Waals surface area contributed by atoms with E-state index in [1.807, 2.05) is 24.3 Å². The summed E-state index contributed by atoms with van der Waals surface area (Å²) < 4.78 is 11.2. The van der Waals surface area contributed by atoms with Gasteiger partial charge in [0.1, 0.15) is 18.1 Å². The molecule has 0 saturated heterocycles. The minimum atomic E-state index is 0.547. The van der Waals surface area contributed by atoms with Gasteiger partial charge in [0.05, 0.1) is 6.61 Å². The Labute approximate surface area is 116 Å². The molecule has 0 aliphatic carbocycles. The molecule has 0 aromatic heterocycles. The maximum absolute atomic E-state index is 5.66. The van der Waals surface area contributed by atoms with Crippen LogP contribution in [-0.2, 0) is 0 Å². The molecule has 1 N–H and O–H groups in total. The van der Waals surface area contributed by atoms with Crippen LogP contribution in [0.3, 0.4) is 0 Å². The summed E-state index contributed by atoms with van der Waals surface area (Å²) in [6.07, 6.45) is 2.15. The van der Waals surface area contributed by atoms with E-state index < -0.39 is 0 Å². The molecule has 0 unspecified atom stereocenters. The largest absolute Gasteiger partial charge is 0.494 e. The number of nitrogens with one attached hydrogen (secondary N) is 1. The third-order valence-electron chi connectivity index (χ3n) is 2.54. The van der Waals surface area contributed by atoms with E-state index in [4.69, 9.17) is 9.47 Å². The minimum Gasteiger partial charge on any atom is -0.494 e. The monoisotopic (exact) mass is 263 g/mol. The van der Waals surface area contributed by atoms with Crippen molar-refractivity contribution in [1.82, 2.24) is 5.32 Å². The lowest BCUT2D eigenvalue weighted by molar-refractivity contribution is 0.315. The molecule has 1 rings (SSSR count). The summed E-state index contributed by atoms with van der Waals surface area (Å²) in [7, 11) is 0. The topological polar surface area (TPSA) is 30.5 Å². The van der Waals surface area contributed by atoms with Gasteiger partial charge in [-0.3, -0.25) is 0 Å².